The largest absolute Gasteiger partial charge is 0.396 e. The van der Waals surface area contributed by atoms with Crippen LogP contribution in [0, 0.1) is 0 Å². The summed E-state index contributed by atoms with van der Waals surface area (Å²) in [5, 5.41) is 8.75. The van der Waals surface area contributed by atoms with Gasteiger partial charge in [-0.3, -0.25) is 9.97 Å². The van der Waals surface area contributed by atoms with E-state index in [0.717, 1.165) is 32.6 Å². The van der Waals surface area contributed by atoms with E-state index in [-0.39, 0.29) is 6.61 Å². The van der Waals surface area contributed by atoms with Crippen molar-refractivity contribution < 1.29 is 5.11 Å². The van der Waals surface area contributed by atoms with Crippen LogP contribution in [0.15, 0.2) is 33.9 Å². The summed E-state index contributed by atoms with van der Waals surface area (Å²) in [6.07, 6.45) is 4.36. The second-order valence-electron chi connectivity index (χ2n) is 3.26. The first kappa shape index (κ1) is 11.8. The van der Waals surface area contributed by atoms with Crippen molar-refractivity contribution in [2.45, 2.75) is 11.3 Å². The number of pyridine rings is 2. The minimum atomic E-state index is 0.231. The maximum atomic E-state index is 8.75. The molecule has 0 aromatic carbocycles. The van der Waals surface area contributed by atoms with Gasteiger partial charge >= 0.3 is 0 Å². The second kappa shape index (κ2) is 5.61. The van der Waals surface area contributed by atoms with E-state index in [0.29, 0.717) is 0 Å². The highest BCUT2D eigenvalue weighted by Gasteiger charge is 2.04. The number of rotatable bonds is 4. The molecule has 0 radical (unpaired) electrons. The number of hydrogen-bond acceptors (Lipinski definition) is 4. The van der Waals surface area contributed by atoms with Crippen molar-refractivity contribution in [3.63, 3.8) is 0 Å². The Morgan fingerprint density at radius 1 is 1.38 bits per heavy atom. The summed E-state index contributed by atoms with van der Waals surface area (Å²) < 4.78 is 0.935. The third-order valence-electron chi connectivity index (χ3n) is 2.07. The Hall–Kier alpha value is -0.650. The molecule has 0 aliphatic heterocycles. The van der Waals surface area contributed by atoms with E-state index in [1.165, 1.54) is 0 Å². The monoisotopic (exact) mass is 298 g/mol. The molecule has 0 saturated carbocycles. The highest BCUT2D eigenvalue weighted by atomic mass is 79.9. The van der Waals surface area contributed by atoms with E-state index >= 15 is 0 Å². The number of halogens is 1. The maximum Gasteiger partial charge on any atom is 0.102 e. The summed E-state index contributed by atoms with van der Waals surface area (Å²) >= 11 is 5.08. The zero-order chi connectivity index (χ0) is 11.4. The minimum absolute atomic E-state index is 0.231. The first-order valence-electron chi connectivity index (χ1n) is 4.95. The van der Waals surface area contributed by atoms with Gasteiger partial charge in [0.2, 0.25) is 0 Å². The molecule has 0 unspecified atom stereocenters. The predicted octanol–water partition coefficient (Wildman–Crippen LogP) is 2.87. The Labute approximate surface area is 106 Å². The Morgan fingerprint density at radius 2 is 2.25 bits per heavy atom. The number of aliphatic hydroxyl groups excluding tert-OH is 1. The normalized spacial score (nSPS) is 10.9. The van der Waals surface area contributed by atoms with Crippen molar-refractivity contribution in [3.05, 3.63) is 29.0 Å². The average molecular weight is 299 g/mol. The quantitative estimate of drug-likeness (QED) is 0.696. The van der Waals surface area contributed by atoms with Crippen LogP contribution in [0.3, 0.4) is 0 Å². The van der Waals surface area contributed by atoms with Crippen molar-refractivity contribution >= 4 is 38.7 Å². The number of nitrogens with zero attached hydrogens (tertiary/aromatic N) is 2. The van der Waals surface area contributed by atoms with E-state index in [9.17, 15) is 0 Å². The zero-order valence-corrected chi connectivity index (χ0v) is 11.0. The second-order valence-corrected chi connectivity index (χ2v) is 5.31. The van der Waals surface area contributed by atoms with Crippen molar-refractivity contribution in [1.82, 2.24) is 9.97 Å². The smallest absolute Gasteiger partial charge is 0.102 e. The Kier molecular flexibility index (Phi) is 4.15. The van der Waals surface area contributed by atoms with Crippen LogP contribution < -0.4 is 0 Å². The first-order chi connectivity index (χ1) is 7.81. The van der Waals surface area contributed by atoms with E-state index in [4.69, 9.17) is 5.11 Å². The topological polar surface area (TPSA) is 46.0 Å². The standard InChI is InChI=1S/C11H11BrN2OS/c12-8-6-9-11(14-7-8)10(2-3-13-9)16-5-1-4-15/h2-3,6-7,15H,1,4-5H2. The zero-order valence-electron chi connectivity index (χ0n) is 8.56. The van der Waals surface area contributed by atoms with Gasteiger partial charge in [-0.1, -0.05) is 0 Å². The Balaban J connectivity index is 2.30. The number of thioether (sulfide) groups is 1. The molecule has 2 rings (SSSR count). The molecule has 84 valence electrons. The number of hydrogen-bond donors (Lipinski definition) is 1. The van der Waals surface area contributed by atoms with Gasteiger partial charge in [-0.25, -0.2) is 0 Å². The van der Waals surface area contributed by atoms with Crippen molar-refractivity contribution in [1.29, 1.82) is 0 Å². The molecule has 16 heavy (non-hydrogen) atoms. The van der Waals surface area contributed by atoms with Crippen molar-refractivity contribution in [3.8, 4) is 0 Å². The maximum absolute atomic E-state index is 8.75. The molecule has 0 aliphatic carbocycles. The van der Waals surface area contributed by atoms with Crippen molar-refractivity contribution in [2.24, 2.45) is 0 Å². The van der Waals surface area contributed by atoms with Gasteiger partial charge in [0.1, 0.15) is 5.52 Å². The van der Waals surface area contributed by atoms with Gasteiger partial charge in [-0.05, 0) is 34.5 Å². The average Bonchev–Trinajstić information content (AvgIpc) is 2.29. The summed E-state index contributed by atoms with van der Waals surface area (Å²) in [7, 11) is 0. The molecule has 2 aromatic rings. The summed E-state index contributed by atoms with van der Waals surface area (Å²) in [5.41, 5.74) is 1.82. The molecule has 2 heterocycles. The SMILES string of the molecule is OCCCSc1ccnc2cc(Br)cnc12. The summed E-state index contributed by atoms with van der Waals surface area (Å²) in [5.74, 6) is 0.896. The fraction of sp³-hybridized carbons (Fsp3) is 0.273. The lowest BCUT2D eigenvalue weighted by atomic mass is 10.3. The highest BCUT2D eigenvalue weighted by Crippen LogP contribution is 2.26. The fourth-order valence-electron chi connectivity index (χ4n) is 1.34. The molecular formula is C11H11BrN2OS. The van der Waals surface area contributed by atoms with Crippen LogP contribution in [0.5, 0.6) is 0 Å². The van der Waals surface area contributed by atoms with Gasteiger partial charge in [-0.2, -0.15) is 0 Å². The number of aliphatic hydroxyl groups is 1. The molecule has 0 fully saturated rings. The number of aromatic nitrogens is 2. The van der Waals surface area contributed by atoms with Gasteiger partial charge in [0, 0.05) is 34.1 Å². The highest BCUT2D eigenvalue weighted by molar-refractivity contribution is 9.10. The Morgan fingerprint density at radius 3 is 3.06 bits per heavy atom. The Bertz CT molecular complexity index is 492. The predicted molar refractivity (Wildman–Crippen MR) is 69.7 cm³/mol. The van der Waals surface area contributed by atoms with Gasteiger partial charge in [0.15, 0.2) is 0 Å². The van der Waals surface area contributed by atoms with E-state index in [2.05, 4.69) is 25.9 Å². The van der Waals surface area contributed by atoms with E-state index < -0.39 is 0 Å². The third kappa shape index (κ3) is 2.72. The van der Waals surface area contributed by atoms with Crippen LogP contribution in [0.2, 0.25) is 0 Å². The molecule has 5 heteroatoms. The van der Waals surface area contributed by atoms with E-state index in [1.807, 2.05) is 12.1 Å². The molecule has 0 atom stereocenters. The molecule has 1 N–H and O–H groups in total. The molecule has 0 saturated heterocycles. The van der Waals surface area contributed by atoms with Crippen LogP contribution in [-0.2, 0) is 0 Å². The molecule has 0 amide bonds. The molecule has 3 nitrogen and oxygen atoms in total. The molecule has 0 aliphatic rings. The van der Waals surface area contributed by atoms with Crippen LogP contribution in [-0.4, -0.2) is 27.4 Å². The lowest BCUT2D eigenvalue weighted by Crippen LogP contribution is -1.89. The van der Waals surface area contributed by atoms with Gasteiger partial charge in [-0.15, -0.1) is 11.8 Å². The first-order valence-corrected chi connectivity index (χ1v) is 6.73. The minimum Gasteiger partial charge on any atom is -0.396 e. The third-order valence-corrected chi connectivity index (χ3v) is 3.63. The number of fused-ring (bicyclic) bond motifs is 1. The fourth-order valence-corrected chi connectivity index (χ4v) is 2.61. The van der Waals surface area contributed by atoms with Gasteiger partial charge in [0.25, 0.3) is 0 Å². The van der Waals surface area contributed by atoms with Crippen LogP contribution in [0.4, 0.5) is 0 Å². The summed E-state index contributed by atoms with van der Waals surface area (Å²) in [6.45, 7) is 0.231. The van der Waals surface area contributed by atoms with Gasteiger partial charge in [0.05, 0.1) is 5.52 Å². The lowest BCUT2D eigenvalue weighted by Gasteiger charge is -2.04. The van der Waals surface area contributed by atoms with Crippen LogP contribution >= 0.6 is 27.7 Å². The molecule has 2 aromatic heterocycles. The molecule has 0 bridgehead atoms. The molecular weight excluding hydrogens is 288 g/mol. The van der Waals surface area contributed by atoms with Crippen LogP contribution in [0.25, 0.3) is 11.0 Å². The van der Waals surface area contributed by atoms with Crippen molar-refractivity contribution in [2.75, 3.05) is 12.4 Å². The summed E-state index contributed by atoms with van der Waals surface area (Å²) in [4.78, 5) is 9.76. The van der Waals surface area contributed by atoms with Gasteiger partial charge < -0.3 is 5.11 Å². The van der Waals surface area contributed by atoms with E-state index in [1.54, 1.807) is 24.2 Å². The molecule has 0 spiro atoms. The lowest BCUT2D eigenvalue weighted by molar-refractivity contribution is 0.296. The summed E-state index contributed by atoms with van der Waals surface area (Å²) in [6, 6.07) is 3.92. The van der Waals surface area contributed by atoms with Crippen LogP contribution in [0.1, 0.15) is 6.42 Å².